The normalized spacial score (nSPS) is 10.9. The number of amides is 2. The van der Waals surface area contributed by atoms with Crippen LogP contribution in [0.1, 0.15) is 11.8 Å². The van der Waals surface area contributed by atoms with Crippen molar-refractivity contribution in [3.05, 3.63) is 52.9 Å². The van der Waals surface area contributed by atoms with Gasteiger partial charge >= 0.3 is 6.03 Å². The lowest BCUT2D eigenvalue weighted by Gasteiger charge is -2.07. The lowest BCUT2D eigenvalue weighted by atomic mass is 10.3. The minimum absolute atomic E-state index is 0.368. The van der Waals surface area contributed by atoms with Crippen LogP contribution in [0.5, 0.6) is 0 Å². The summed E-state index contributed by atoms with van der Waals surface area (Å²) in [5, 5.41) is 14.2. The molecule has 0 saturated carbocycles. The van der Waals surface area contributed by atoms with E-state index in [2.05, 4.69) is 36.0 Å². The molecule has 0 unspecified atom stereocenters. The van der Waals surface area contributed by atoms with Crippen molar-refractivity contribution in [3.8, 4) is 0 Å². The summed E-state index contributed by atoms with van der Waals surface area (Å²) in [6.45, 7) is 3.43. The quantitative estimate of drug-likeness (QED) is 0.394. The summed E-state index contributed by atoms with van der Waals surface area (Å²) < 4.78 is 1.87. The highest BCUT2D eigenvalue weighted by Crippen LogP contribution is 2.21. The molecule has 0 bridgehead atoms. The number of urea groups is 1. The van der Waals surface area contributed by atoms with E-state index in [9.17, 15) is 4.79 Å². The van der Waals surface area contributed by atoms with Crippen LogP contribution in [0, 0.1) is 0 Å². The zero-order valence-electron chi connectivity index (χ0n) is 16.1. The number of hydrogen-bond acceptors (Lipinski definition) is 7. The van der Waals surface area contributed by atoms with Gasteiger partial charge in [0.1, 0.15) is 17.4 Å². The van der Waals surface area contributed by atoms with E-state index in [0.717, 1.165) is 34.7 Å². The van der Waals surface area contributed by atoms with Gasteiger partial charge in [0.05, 0.1) is 6.20 Å². The van der Waals surface area contributed by atoms with E-state index in [1.165, 1.54) is 17.7 Å². The topological polar surface area (TPSA) is 110 Å². The molecule has 3 heterocycles. The molecule has 4 aromatic rings. The minimum Gasteiger partial charge on any atom is -0.368 e. The van der Waals surface area contributed by atoms with Gasteiger partial charge in [0, 0.05) is 41.3 Å². The average Bonchev–Trinajstić information content (AvgIpc) is 3.35. The van der Waals surface area contributed by atoms with E-state index in [1.807, 2.05) is 11.6 Å². The third kappa shape index (κ3) is 4.66. The van der Waals surface area contributed by atoms with Gasteiger partial charge < -0.3 is 10.6 Å². The van der Waals surface area contributed by atoms with E-state index in [4.69, 9.17) is 11.6 Å². The SMILES string of the molecule is CCn1ncc2ncnc(NCCc3cnc(NC(=O)Nc4cccc(Cl)c4)s3)c21. The monoisotopic (exact) mass is 442 g/mol. The van der Waals surface area contributed by atoms with Crippen LogP contribution in [-0.4, -0.2) is 37.3 Å². The van der Waals surface area contributed by atoms with Crippen molar-refractivity contribution >= 4 is 56.6 Å². The second-order valence-electron chi connectivity index (χ2n) is 6.31. The summed E-state index contributed by atoms with van der Waals surface area (Å²) in [5.41, 5.74) is 2.32. The van der Waals surface area contributed by atoms with Crippen LogP contribution >= 0.6 is 22.9 Å². The molecule has 30 heavy (non-hydrogen) atoms. The fourth-order valence-electron chi connectivity index (χ4n) is 2.90. The molecule has 3 aromatic heterocycles. The maximum atomic E-state index is 12.1. The maximum Gasteiger partial charge on any atom is 0.325 e. The van der Waals surface area contributed by atoms with Crippen LogP contribution in [0.25, 0.3) is 11.0 Å². The van der Waals surface area contributed by atoms with Crippen molar-refractivity contribution in [2.45, 2.75) is 19.9 Å². The van der Waals surface area contributed by atoms with Crippen LogP contribution in [0.2, 0.25) is 5.02 Å². The Balaban J connectivity index is 1.32. The van der Waals surface area contributed by atoms with Gasteiger partial charge in [0.25, 0.3) is 0 Å². The first-order chi connectivity index (χ1) is 14.6. The van der Waals surface area contributed by atoms with Crippen LogP contribution in [0.15, 0.2) is 43.0 Å². The summed E-state index contributed by atoms with van der Waals surface area (Å²) in [5.74, 6) is 0.753. The minimum atomic E-state index is -0.368. The first-order valence-corrected chi connectivity index (χ1v) is 10.5. The van der Waals surface area contributed by atoms with Gasteiger partial charge in [0.2, 0.25) is 0 Å². The van der Waals surface area contributed by atoms with Gasteiger partial charge in [0.15, 0.2) is 10.9 Å². The number of anilines is 3. The molecule has 0 radical (unpaired) electrons. The number of nitrogens with zero attached hydrogens (tertiary/aromatic N) is 5. The fourth-order valence-corrected chi connectivity index (χ4v) is 3.90. The van der Waals surface area contributed by atoms with Crippen molar-refractivity contribution in [1.82, 2.24) is 24.7 Å². The highest BCUT2D eigenvalue weighted by Gasteiger charge is 2.10. The molecule has 1 aromatic carbocycles. The summed E-state index contributed by atoms with van der Waals surface area (Å²) in [7, 11) is 0. The Hall–Kier alpha value is -3.24. The molecule has 0 atom stereocenters. The second kappa shape index (κ2) is 9.06. The molecular weight excluding hydrogens is 424 g/mol. The van der Waals surface area contributed by atoms with E-state index >= 15 is 0 Å². The highest BCUT2D eigenvalue weighted by atomic mass is 35.5. The first-order valence-electron chi connectivity index (χ1n) is 9.31. The lowest BCUT2D eigenvalue weighted by molar-refractivity contribution is 0.262. The zero-order chi connectivity index (χ0) is 20.9. The summed E-state index contributed by atoms with van der Waals surface area (Å²) in [4.78, 5) is 26.0. The van der Waals surface area contributed by atoms with Gasteiger partial charge in [-0.15, -0.1) is 11.3 Å². The number of hydrogen-bond donors (Lipinski definition) is 3. The van der Waals surface area contributed by atoms with Crippen molar-refractivity contribution < 1.29 is 4.79 Å². The predicted octanol–water partition coefficient (Wildman–Crippen LogP) is 4.25. The van der Waals surface area contributed by atoms with Gasteiger partial charge in [-0.3, -0.25) is 10.00 Å². The predicted molar refractivity (Wildman–Crippen MR) is 119 cm³/mol. The van der Waals surface area contributed by atoms with E-state index in [0.29, 0.717) is 22.4 Å². The standard InChI is InChI=1S/C19H19ClN8OS/c1-2-28-16-15(10-25-28)23-11-24-17(16)21-7-6-14-9-22-19(30-14)27-18(29)26-13-5-3-4-12(20)8-13/h3-5,8-11H,2,6-7H2,1H3,(H,21,23,24)(H2,22,26,27,29). The molecule has 154 valence electrons. The largest absolute Gasteiger partial charge is 0.368 e. The Morgan fingerprint density at radius 3 is 2.93 bits per heavy atom. The van der Waals surface area contributed by atoms with E-state index < -0.39 is 0 Å². The third-order valence-corrected chi connectivity index (χ3v) is 5.46. The van der Waals surface area contributed by atoms with Crippen LogP contribution in [-0.2, 0) is 13.0 Å². The number of benzene rings is 1. The van der Waals surface area contributed by atoms with Crippen molar-refractivity contribution in [3.63, 3.8) is 0 Å². The molecule has 2 amide bonds. The number of aromatic nitrogens is 5. The molecule has 0 aliphatic rings. The van der Waals surface area contributed by atoms with Gasteiger partial charge in [-0.2, -0.15) is 5.10 Å². The third-order valence-electron chi connectivity index (χ3n) is 4.25. The Kier molecular flexibility index (Phi) is 6.05. The molecule has 0 aliphatic heterocycles. The lowest BCUT2D eigenvalue weighted by Crippen LogP contribution is -2.19. The van der Waals surface area contributed by atoms with Gasteiger partial charge in [-0.05, 0) is 25.1 Å². The van der Waals surface area contributed by atoms with Crippen LogP contribution in [0.4, 0.5) is 21.4 Å². The zero-order valence-corrected chi connectivity index (χ0v) is 17.7. The summed E-state index contributed by atoms with van der Waals surface area (Å²) in [6.07, 6.45) is 5.76. The number of thiazole rings is 1. The molecule has 4 rings (SSSR count). The second-order valence-corrected chi connectivity index (χ2v) is 7.87. The Bertz CT molecular complexity index is 1170. The Morgan fingerprint density at radius 1 is 1.20 bits per heavy atom. The fraction of sp³-hybridized carbons (Fsp3) is 0.211. The highest BCUT2D eigenvalue weighted by molar-refractivity contribution is 7.15. The number of fused-ring (bicyclic) bond motifs is 1. The molecule has 0 spiro atoms. The van der Waals surface area contributed by atoms with Gasteiger partial charge in [-0.25, -0.2) is 19.7 Å². The smallest absolute Gasteiger partial charge is 0.325 e. The number of carbonyl (C=O) groups excluding carboxylic acids is 1. The molecule has 0 saturated heterocycles. The number of halogens is 1. The molecule has 11 heteroatoms. The van der Waals surface area contributed by atoms with E-state index in [1.54, 1.807) is 36.7 Å². The molecule has 0 fully saturated rings. The van der Waals surface area contributed by atoms with Crippen molar-refractivity contribution in [1.29, 1.82) is 0 Å². The average molecular weight is 443 g/mol. The maximum absolute atomic E-state index is 12.1. The first kappa shape index (κ1) is 20.0. The summed E-state index contributed by atoms with van der Waals surface area (Å²) >= 11 is 7.35. The Morgan fingerprint density at radius 2 is 2.10 bits per heavy atom. The van der Waals surface area contributed by atoms with Crippen LogP contribution in [0.3, 0.4) is 0 Å². The number of carbonyl (C=O) groups is 1. The van der Waals surface area contributed by atoms with Crippen molar-refractivity contribution in [2.75, 3.05) is 22.5 Å². The van der Waals surface area contributed by atoms with Crippen LogP contribution < -0.4 is 16.0 Å². The molecule has 3 N–H and O–H groups in total. The van der Waals surface area contributed by atoms with Crippen molar-refractivity contribution in [2.24, 2.45) is 0 Å². The molecular formula is C19H19ClN8OS. The Labute approximate surface area is 181 Å². The van der Waals surface area contributed by atoms with Gasteiger partial charge in [-0.1, -0.05) is 17.7 Å². The van der Waals surface area contributed by atoms with E-state index in [-0.39, 0.29) is 6.03 Å². The summed E-state index contributed by atoms with van der Waals surface area (Å²) in [6, 6.07) is 6.58. The number of aryl methyl sites for hydroxylation is 1. The number of rotatable bonds is 7. The molecule has 0 aliphatic carbocycles. The molecule has 9 nitrogen and oxygen atoms in total. The number of nitrogens with one attached hydrogen (secondary N) is 3.